The number of anilines is 1. The Hall–Kier alpha value is -0.980. The molecule has 1 nitrogen and oxygen atoms in total. The van der Waals surface area contributed by atoms with E-state index in [4.69, 9.17) is 0 Å². The number of hydrogen-bond acceptors (Lipinski definition) is 1. The molecule has 16 heavy (non-hydrogen) atoms. The minimum absolute atomic E-state index is 0.644. The molecular weight excluding hydrogens is 194 g/mol. The van der Waals surface area contributed by atoms with Gasteiger partial charge in [-0.15, -0.1) is 0 Å². The van der Waals surface area contributed by atoms with Gasteiger partial charge in [-0.05, 0) is 49.3 Å². The van der Waals surface area contributed by atoms with Gasteiger partial charge in [-0.3, -0.25) is 0 Å². The summed E-state index contributed by atoms with van der Waals surface area (Å²) in [6.07, 6.45) is 8.19. The van der Waals surface area contributed by atoms with E-state index >= 15 is 0 Å². The molecule has 1 atom stereocenters. The first-order chi connectivity index (χ1) is 7.81. The third kappa shape index (κ3) is 1.95. The number of nitrogens with one attached hydrogen (secondary N) is 1. The van der Waals surface area contributed by atoms with Gasteiger partial charge in [0, 0.05) is 11.7 Å². The first-order valence-electron chi connectivity index (χ1n) is 6.69. The van der Waals surface area contributed by atoms with Crippen LogP contribution in [0.15, 0.2) is 18.2 Å². The normalized spacial score (nSPS) is 24.4. The fraction of sp³-hybridized carbons (Fsp3) is 0.600. The molecule has 86 valence electrons. The van der Waals surface area contributed by atoms with Crippen LogP contribution in [0.1, 0.15) is 43.7 Å². The zero-order valence-corrected chi connectivity index (χ0v) is 10.1. The largest absolute Gasteiger partial charge is 0.382 e. The van der Waals surface area contributed by atoms with Crippen molar-refractivity contribution in [1.29, 1.82) is 0 Å². The SMILES string of the molecule is CC1CCc2cc(CC3CCC3)ccc2N1. The molecule has 0 aromatic heterocycles. The summed E-state index contributed by atoms with van der Waals surface area (Å²) in [5.41, 5.74) is 4.46. The average molecular weight is 215 g/mol. The lowest BCUT2D eigenvalue weighted by molar-refractivity contribution is 0.314. The molecule has 1 aliphatic carbocycles. The van der Waals surface area contributed by atoms with Crippen LogP contribution in [0.4, 0.5) is 5.69 Å². The molecule has 3 rings (SSSR count). The van der Waals surface area contributed by atoms with Crippen LogP contribution in [-0.2, 0) is 12.8 Å². The smallest absolute Gasteiger partial charge is 0.0374 e. The highest BCUT2D eigenvalue weighted by molar-refractivity contribution is 5.55. The molecule has 1 saturated carbocycles. The lowest BCUT2D eigenvalue weighted by Gasteiger charge is -2.27. The number of aryl methyl sites for hydroxylation is 1. The van der Waals surface area contributed by atoms with Crippen molar-refractivity contribution < 1.29 is 0 Å². The van der Waals surface area contributed by atoms with Crippen molar-refractivity contribution in [3.63, 3.8) is 0 Å². The molecule has 1 heteroatoms. The van der Waals surface area contributed by atoms with Crippen LogP contribution in [-0.4, -0.2) is 6.04 Å². The third-order valence-electron chi connectivity index (χ3n) is 4.17. The van der Waals surface area contributed by atoms with Crippen LogP contribution >= 0.6 is 0 Å². The topological polar surface area (TPSA) is 12.0 Å². The van der Waals surface area contributed by atoms with Gasteiger partial charge in [-0.1, -0.05) is 31.4 Å². The molecule has 1 unspecified atom stereocenters. The van der Waals surface area contributed by atoms with E-state index in [1.165, 1.54) is 49.8 Å². The van der Waals surface area contributed by atoms with E-state index in [1.54, 1.807) is 5.56 Å². The van der Waals surface area contributed by atoms with Crippen LogP contribution in [0.25, 0.3) is 0 Å². The summed E-state index contributed by atoms with van der Waals surface area (Å²) in [5.74, 6) is 0.980. The molecule has 1 aliphatic heterocycles. The number of rotatable bonds is 2. The van der Waals surface area contributed by atoms with Gasteiger partial charge >= 0.3 is 0 Å². The molecule has 1 heterocycles. The van der Waals surface area contributed by atoms with Crippen molar-refractivity contribution in [2.24, 2.45) is 5.92 Å². The molecule has 0 radical (unpaired) electrons. The van der Waals surface area contributed by atoms with Gasteiger partial charge in [0.1, 0.15) is 0 Å². The first kappa shape index (κ1) is 10.2. The van der Waals surface area contributed by atoms with Gasteiger partial charge in [0.15, 0.2) is 0 Å². The lowest BCUT2D eigenvalue weighted by atomic mass is 9.80. The average Bonchev–Trinajstić information content (AvgIpc) is 2.23. The number of fused-ring (bicyclic) bond motifs is 1. The van der Waals surface area contributed by atoms with Crippen LogP contribution in [0.3, 0.4) is 0 Å². The van der Waals surface area contributed by atoms with Crippen molar-refractivity contribution in [3.8, 4) is 0 Å². The third-order valence-corrected chi connectivity index (χ3v) is 4.17. The second kappa shape index (κ2) is 4.12. The molecular formula is C15H21N. The van der Waals surface area contributed by atoms with E-state index in [0.717, 1.165) is 5.92 Å². The second-order valence-electron chi connectivity index (χ2n) is 5.58. The van der Waals surface area contributed by atoms with E-state index in [0.29, 0.717) is 6.04 Å². The Morgan fingerprint density at radius 2 is 2.12 bits per heavy atom. The molecule has 1 N–H and O–H groups in total. The molecule has 0 bridgehead atoms. The zero-order chi connectivity index (χ0) is 11.0. The molecule has 1 fully saturated rings. The summed E-state index contributed by atoms with van der Waals surface area (Å²) in [6.45, 7) is 2.27. The Labute approximate surface area is 98.3 Å². The van der Waals surface area contributed by atoms with Gasteiger partial charge in [0.2, 0.25) is 0 Å². The summed E-state index contributed by atoms with van der Waals surface area (Å²) in [7, 11) is 0. The summed E-state index contributed by atoms with van der Waals surface area (Å²) in [4.78, 5) is 0. The first-order valence-corrected chi connectivity index (χ1v) is 6.69. The van der Waals surface area contributed by atoms with Crippen LogP contribution in [0.5, 0.6) is 0 Å². The zero-order valence-electron chi connectivity index (χ0n) is 10.1. The maximum Gasteiger partial charge on any atom is 0.0374 e. The Morgan fingerprint density at radius 1 is 1.25 bits per heavy atom. The van der Waals surface area contributed by atoms with Crippen molar-refractivity contribution in [3.05, 3.63) is 29.3 Å². The summed E-state index contributed by atoms with van der Waals surface area (Å²) < 4.78 is 0. The van der Waals surface area contributed by atoms with Crippen LogP contribution in [0, 0.1) is 5.92 Å². The van der Waals surface area contributed by atoms with Gasteiger partial charge in [-0.2, -0.15) is 0 Å². The minimum atomic E-state index is 0.644. The fourth-order valence-corrected chi connectivity index (χ4v) is 2.86. The highest BCUT2D eigenvalue weighted by Crippen LogP contribution is 2.32. The van der Waals surface area contributed by atoms with Crippen molar-refractivity contribution in [2.75, 3.05) is 5.32 Å². The predicted molar refractivity (Wildman–Crippen MR) is 68.9 cm³/mol. The van der Waals surface area contributed by atoms with Crippen molar-refractivity contribution in [1.82, 2.24) is 0 Å². The van der Waals surface area contributed by atoms with E-state index < -0.39 is 0 Å². The van der Waals surface area contributed by atoms with Gasteiger partial charge in [-0.25, -0.2) is 0 Å². The summed E-state index contributed by atoms with van der Waals surface area (Å²) in [5, 5.41) is 3.57. The second-order valence-corrected chi connectivity index (χ2v) is 5.58. The highest BCUT2D eigenvalue weighted by atomic mass is 14.9. The van der Waals surface area contributed by atoms with Crippen LogP contribution in [0.2, 0.25) is 0 Å². The molecule has 1 aromatic carbocycles. The maximum atomic E-state index is 3.57. The quantitative estimate of drug-likeness (QED) is 0.791. The lowest BCUT2D eigenvalue weighted by Crippen LogP contribution is -2.22. The van der Waals surface area contributed by atoms with E-state index in [1.807, 2.05) is 0 Å². The highest BCUT2D eigenvalue weighted by Gasteiger charge is 2.19. The van der Waals surface area contributed by atoms with Gasteiger partial charge in [0.25, 0.3) is 0 Å². The standard InChI is InChI=1S/C15H21N/c1-11-5-7-14-10-13(6-8-15(14)16-11)9-12-3-2-4-12/h6,8,10-12,16H,2-5,7,9H2,1H3. The maximum absolute atomic E-state index is 3.57. The van der Waals surface area contributed by atoms with Crippen molar-refractivity contribution >= 4 is 5.69 Å². The van der Waals surface area contributed by atoms with E-state index in [2.05, 4.69) is 30.4 Å². The monoisotopic (exact) mass is 215 g/mol. The molecule has 1 aromatic rings. The summed E-state index contributed by atoms with van der Waals surface area (Å²) >= 11 is 0. The number of benzene rings is 1. The van der Waals surface area contributed by atoms with Crippen LogP contribution < -0.4 is 5.32 Å². The Kier molecular flexibility index (Phi) is 2.62. The molecule has 0 saturated heterocycles. The Balaban J connectivity index is 1.76. The van der Waals surface area contributed by atoms with Crippen molar-refractivity contribution in [2.45, 2.75) is 51.5 Å². The van der Waals surface area contributed by atoms with E-state index in [9.17, 15) is 0 Å². The molecule has 0 amide bonds. The van der Waals surface area contributed by atoms with E-state index in [-0.39, 0.29) is 0 Å². The summed E-state index contributed by atoms with van der Waals surface area (Å²) in [6, 6.07) is 7.69. The van der Waals surface area contributed by atoms with Gasteiger partial charge < -0.3 is 5.32 Å². The number of hydrogen-bond donors (Lipinski definition) is 1. The Morgan fingerprint density at radius 3 is 2.88 bits per heavy atom. The molecule has 0 spiro atoms. The predicted octanol–water partition coefficient (Wildman–Crippen LogP) is 3.78. The minimum Gasteiger partial charge on any atom is -0.382 e. The van der Waals surface area contributed by atoms with Gasteiger partial charge in [0.05, 0.1) is 0 Å². The fourth-order valence-electron chi connectivity index (χ4n) is 2.86. The Bertz CT molecular complexity index is 379. The molecule has 2 aliphatic rings.